The number of hydrogen-bond donors (Lipinski definition) is 1. The summed E-state index contributed by atoms with van der Waals surface area (Å²) in [5, 5.41) is 15.8. The summed E-state index contributed by atoms with van der Waals surface area (Å²) < 4.78 is 32.0. The maximum absolute atomic E-state index is 12.8. The number of sulfonamides is 1. The van der Waals surface area contributed by atoms with Crippen LogP contribution in [-0.4, -0.2) is 49.7 Å². The number of benzene rings is 2. The van der Waals surface area contributed by atoms with Crippen molar-refractivity contribution < 1.29 is 18.1 Å². The first-order chi connectivity index (χ1) is 13.9. The van der Waals surface area contributed by atoms with Crippen LogP contribution in [0.15, 0.2) is 58.5 Å². The molecule has 2 aromatic rings. The van der Waals surface area contributed by atoms with Gasteiger partial charge in [-0.3, -0.25) is 15.5 Å². The fourth-order valence-electron chi connectivity index (χ4n) is 2.96. The molecule has 1 saturated heterocycles. The van der Waals surface area contributed by atoms with Crippen molar-refractivity contribution in [2.24, 2.45) is 5.10 Å². The van der Waals surface area contributed by atoms with Gasteiger partial charge in [-0.25, -0.2) is 8.42 Å². The van der Waals surface area contributed by atoms with Crippen molar-refractivity contribution in [3.63, 3.8) is 0 Å². The second-order valence-electron chi connectivity index (χ2n) is 6.34. The lowest BCUT2D eigenvalue weighted by atomic mass is 10.1. The van der Waals surface area contributed by atoms with Gasteiger partial charge in [0, 0.05) is 19.2 Å². The molecule has 1 heterocycles. The van der Waals surface area contributed by atoms with Gasteiger partial charge < -0.3 is 4.74 Å². The van der Waals surface area contributed by atoms with E-state index in [1.807, 2.05) is 37.3 Å². The lowest BCUT2D eigenvalue weighted by Gasteiger charge is -2.26. The van der Waals surface area contributed by atoms with Crippen LogP contribution in [0.4, 0.5) is 11.4 Å². The van der Waals surface area contributed by atoms with E-state index in [4.69, 9.17) is 4.74 Å². The van der Waals surface area contributed by atoms with Crippen molar-refractivity contribution in [3.8, 4) is 0 Å². The van der Waals surface area contributed by atoms with Crippen LogP contribution in [0.3, 0.4) is 0 Å². The Morgan fingerprint density at radius 1 is 1.21 bits per heavy atom. The molecule has 1 aliphatic rings. The molecular formula is C19H22N4O5S. The minimum Gasteiger partial charge on any atom is -0.379 e. The summed E-state index contributed by atoms with van der Waals surface area (Å²) in [6.45, 7) is 2.97. The number of nitrogens with zero attached hydrogens (tertiary/aromatic N) is 3. The fraction of sp³-hybridized carbons (Fsp3) is 0.316. The summed E-state index contributed by atoms with van der Waals surface area (Å²) in [5.41, 5.74) is 4.11. The Morgan fingerprint density at radius 2 is 1.90 bits per heavy atom. The molecular weight excluding hydrogens is 396 g/mol. The molecule has 0 saturated carbocycles. The van der Waals surface area contributed by atoms with E-state index in [1.165, 1.54) is 16.4 Å². The normalized spacial score (nSPS) is 15.8. The summed E-state index contributed by atoms with van der Waals surface area (Å²) in [7, 11) is -3.83. The van der Waals surface area contributed by atoms with Gasteiger partial charge in [0.05, 0.1) is 28.7 Å². The highest BCUT2D eigenvalue weighted by atomic mass is 32.2. The molecule has 0 aromatic heterocycles. The average molecular weight is 418 g/mol. The van der Waals surface area contributed by atoms with E-state index in [-0.39, 0.29) is 29.4 Å². The van der Waals surface area contributed by atoms with Gasteiger partial charge in [0.15, 0.2) is 0 Å². The van der Waals surface area contributed by atoms with Gasteiger partial charge >= 0.3 is 0 Å². The summed E-state index contributed by atoms with van der Waals surface area (Å²) in [4.78, 5) is 10.8. The molecule has 0 bridgehead atoms. The van der Waals surface area contributed by atoms with Crippen LogP contribution < -0.4 is 5.43 Å². The van der Waals surface area contributed by atoms with Gasteiger partial charge in [0.25, 0.3) is 5.69 Å². The zero-order valence-corrected chi connectivity index (χ0v) is 16.8. The third-order valence-electron chi connectivity index (χ3n) is 4.53. The van der Waals surface area contributed by atoms with Gasteiger partial charge in [-0.15, -0.1) is 0 Å². The SMILES string of the molecule is CC/C(=N/Nc1ccc(S(=O)(=O)N2CCOCC2)cc1[N+](=O)[O-])c1ccccc1. The average Bonchev–Trinajstić information content (AvgIpc) is 2.75. The minimum atomic E-state index is -3.83. The predicted molar refractivity (Wildman–Crippen MR) is 110 cm³/mol. The van der Waals surface area contributed by atoms with Crippen LogP contribution in [-0.2, 0) is 14.8 Å². The van der Waals surface area contributed by atoms with Crippen molar-refractivity contribution in [2.75, 3.05) is 31.7 Å². The van der Waals surface area contributed by atoms with E-state index >= 15 is 0 Å². The molecule has 1 aliphatic heterocycles. The molecule has 9 nitrogen and oxygen atoms in total. The molecule has 0 amide bonds. The van der Waals surface area contributed by atoms with E-state index in [9.17, 15) is 18.5 Å². The molecule has 1 N–H and O–H groups in total. The van der Waals surface area contributed by atoms with Crippen LogP contribution >= 0.6 is 0 Å². The molecule has 3 rings (SSSR count). The van der Waals surface area contributed by atoms with Crippen LogP contribution in [0.2, 0.25) is 0 Å². The van der Waals surface area contributed by atoms with Crippen LogP contribution in [0.5, 0.6) is 0 Å². The Balaban J connectivity index is 1.90. The summed E-state index contributed by atoms with van der Waals surface area (Å²) in [5.74, 6) is 0. The topological polar surface area (TPSA) is 114 Å². The van der Waals surface area contributed by atoms with E-state index < -0.39 is 14.9 Å². The van der Waals surface area contributed by atoms with Crippen LogP contribution in [0, 0.1) is 10.1 Å². The standard InChI is InChI=1S/C19H22N4O5S/c1-2-17(15-6-4-3-5-7-15)20-21-18-9-8-16(14-19(18)23(24)25)29(26,27)22-10-12-28-13-11-22/h3-9,14,21H,2,10-13H2,1H3/b20-17-. The number of nitro groups is 1. The van der Waals surface area contributed by atoms with E-state index in [1.54, 1.807) is 0 Å². The maximum Gasteiger partial charge on any atom is 0.295 e. The number of nitro benzene ring substituents is 1. The maximum atomic E-state index is 12.8. The third-order valence-corrected chi connectivity index (χ3v) is 6.42. The van der Waals surface area contributed by atoms with Gasteiger partial charge in [-0.2, -0.15) is 9.41 Å². The molecule has 2 aromatic carbocycles. The lowest BCUT2D eigenvalue weighted by Crippen LogP contribution is -2.40. The zero-order chi connectivity index (χ0) is 20.9. The Kier molecular flexibility index (Phi) is 6.57. The van der Waals surface area contributed by atoms with Crippen molar-refractivity contribution in [1.82, 2.24) is 4.31 Å². The number of hydrazone groups is 1. The molecule has 1 fully saturated rings. The minimum absolute atomic E-state index is 0.123. The summed E-state index contributed by atoms with van der Waals surface area (Å²) in [6, 6.07) is 13.2. The van der Waals surface area contributed by atoms with E-state index in [2.05, 4.69) is 10.5 Å². The first-order valence-electron chi connectivity index (χ1n) is 9.18. The highest BCUT2D eigenvalue weighted by Gasteiger charge is 2.28. The Labute approximate surface area is 169 Å². The Morgan fingerprint density at radius 3 is 2.52 bits per heavy atom. The second-order valence-corrected chi connectivity index (χ2v) is 8.28. The molecule has 0 unspecified atom stereocenters. The number of hydrogen-bond acceptors (Lipinski definition) is 7. The molecule has 154 valence electrons. The third kappa shape index (κ3) is 4.78. The van der Waals surface area contributed by atoms with Crippen LogP contribution in [0.1, 0.15) is 18.9 Å². The molecule has 29 heavy (non-hydrogen) atoms. The summed E-state index contributed by atoms with van der Waals surface area (Å²) >= 11 is 0. The zero-order valence-electron chi connectivity index (χ0n) is 15.9. The molecule has 0 spiro atoms. The van der Waals surface area contributed by atoms with Crippen molar-refractivity contribution in [1.29, 1.82) is 0 Å². The van der Waals surface area contributed by atoms with Gasteiger partial charge in [-0.05, 0) is 24.1 Å². The van der Waals surface area contributed by atoms with Crippen molar-refractivity contribution in [3.05, 3.63) is 64.2 Å². The van der Waals surface area contributed by atoms with Gasteiger partial charge in [-0.1, -0.05) is 37.3 Å². The Hall–Kier alpha value is -2.82. The summed E-state index contributed by atoms with van der Waals surface area (Å²) in [6.07, 6.45) is 0.619. The number of ether oxygens (including phenoxy) is 1. The molecule has 0 aliphatic carbocycles. The van der Waals surface area contributed by atoms with Crippen molar-refractivity contribution >= 4 is 27.1 Å². The highest BCUT2D eigenvalue weighted by molar-refractivity contribution is 7.89. The Bertz CT molecular complexity index is 1000. The second kappa shape index (κ2) is 9.12. The van der Waals surface area contributed by atoms with Gasteiger partial charge in [0.1, 0.15) is 5.69 Å². The lowest BCUT2D eigenvalue weighted by molar-refractivity contribution is -0.384. The number of nitrogens with one attached hydrogen (secondary N) is 1. The van der Waals surface area contributed by atoms with E-state index in [0.29, 0.717) is 19.6 Å². The van der Waals surface area contributed by atoms with Crippen LogP contribution in [0.25, 0.3) is 0 Å². The smallest absolute Gasteiger partial charge is 0.295 e. The number of rotatable bonds is 7. The highest BCUT2D eigenvalue weighted by Crippen LogP contribution is 2.29. The number of anilines is 1. The first kappa shape index (κ1) is 20.9. The van der Waals surface area contributed by atoms with Crippen molar-refractivity contribution in [2.45, 2.75) is 18.2 Å². The quantitative estimate of drug-likeness (QED) is 0.420. The molecule has 10 heteroatoms. The largest absolute Gasteiger partial charge is 0.379 e. The van der Waals surface area contributed by atoms with E-state index in [0.717, 1.165) is 17.3 Å². The molecule has 0 radical (unpaired) electrons. The monoisotopic (exact) mass is 418 g/mol. The predicted octanol–water partition coefficient (Wildman–Crippen LogP) is 2.84. The fourth-order valence-corrected chi connectivity index (χ4v) is 4.39. The van der Waals surface area contributed by atoms with Gasteiger partial charge in [0.2, 0.25) is 10.0 Å². The first-order valence-corrected chi connectivity index (χ1v) is 10.6. The number of morpholine rings is 1. The molecule has 0 atom stereocenters.